The fourth-order valence-electron chi connectivity index (χ4n) is 2.90. The Balaban J connectivity index is 1.72. The Hall–Kier alpha value is -2.34. The van der Waals surface area contributed by atoms with Crippen LogP contribution in [0.15, 0.2) is 46.9 Å². The van der Waals surface area contributed by atoms with Gasteiger partial charge in [0.05, 0.1) is 15.8 Å². The zero-order valence-corrected chi connectivity index (χ0v) is 16.4. The predicted octanol–water partition coefficient (Wildman–Crippen LogP) is 4.29. The van der Waals surface area contributed by atoms with Gasteiger partial charge in [-0.25, -0.2) is 0 Å². The van der Waals surface area contributed by atoms with Gasteiger partial charge in [-0.05, 0) is 66.0 Å². The van der Waals surface area contributed by atoms with E-state index < -0.39 is 6.10 Å². The molecular formula is C20H21BrN2O3. The van der Waals surface area contributed by atoms with Crippen LogP contribution in [0.1, 0.15) is 25.3 Å². The van der Waals surface area contributed by atoms with Gasteiger partial charge < -0.3 is 15.0 Å². The number of rotatable bonds is 5. The van der Waals surface area contributed by atoms with Crippen molar-refractivity contribution in [1.82, 2.24) is 0 Å². The Morgan fingerprint density at radius 1 is 1.27 bits per heavy atom. The Bertz CT molecular complexity index is 838. The quantitative estimate of drug-likeness (QED) is 0.790. The van der Waals surface area contributed by atoms with Crippen LogP contribution in [0.2, 0.25) is 0 Å². The van der Waals surface area contributed by atoms with Gasteiger partial charge in [0.2, 0.25) is 5.91 Å². The topological polar surface area (TPSA) is 58.6 Å². The fourth-order valence-corrected chi connectivity index (χ4v) is 3.48. The molecule has 0 spiro atoms. The lowest BCUT2D eigenvalue weighted by molar-refractivity contribution is -0.122. The van der Waals surface area contributed by atoms with Crippen molar-refractivity contribution in [2.24, 2.45) is 0 Å². The van der Waals surface area contributed by atoms with Gasteiger partial charge in [0.25, 0.3) is 5.91 Å². The molecule has 1 fully saturated rings. The smallest absolute Gasteiger partial charge is 0.265 e. The summed E-state index contributed by atoms with van der Waals surface area (Å²) in [5.74, 6) is 0.428. The molecule has 1 atom stereocenters. The van der Waals surface area contributed by atoms with Gasteiger partial charge in [-0.3, -0.25) is 9.59 Å². The monoisotopic (exact) mass is 416 g/mol. The van der Waals surface area contributed by atoms with E-state index in [9.17, 15) is 9.59 Å². The van der Waals surface area contributed by atoms with Crippen LogP contribution in [-0.2, 0) is 9.59 Å². The second-order valence-corrected chi connectivity index (χ2v) is 7.20. The molecule has 26 heavy (non-hydrogen) atoms. The average Bonchev–Trinajstić information content (AvgIpc) is 3.03. The van der Waals surface area contributed by atoms with E-state index in [0.29, 0.717) is 24.4 Å². The van der Waals surface area contributed by atoms with Crippen molar-refractivity contribution in [2.45, 2.75) is 32.8 Å². The summed E-state index contributed by atoms with van der Waals surface area (Å²) >= 11 is 3.45. The molecule has 1 heterocycles. The zero-order chi connectivity index (χ0) is 18.7. The number of aryl methyl sites for hydroxylation is 1. The second-order valence-electron chi connectivity index (χ2n) is 6.35. The van der Waals surface area contributed by atoms with Gasteiger partial charge in [0.1, 0.15) is 5.75 Å². The molecule has 1 aliphatic heterocycles. The number of carbonyl (C=O) groups excluding carboxylic acids is 2. The maximum absolute atomic E-state index is 12.6. The fraction of sp³-hybridized carbons (Fsp3) is 0.300. The summed E-state index contributed by atoms with van der Waals surface area (Å²) in [6.07, 6.45) is 0.696. The molecule has 1 N–H and O–H groups in total. The summed E-state index contributed by atoms with van der Waals surface area (Å²) in [6, 6.07) is 13.0. The van der Waals surface area contributed by atoms with Crippen molar-refractivity contribution in [3.63, 3.8) is 0 Å². The molecule has 6 heteroatoms. The van der Waals surface area contributed by atoms with Crippen molar-refractivity contribution in [3.05, 3.63) is 52.5 Å². The van der Waals surface area contributed by atoms with Crippen molar-refractivity contribution < 1.29 is 14.3 Å². The Kier molecular flexibility index (Phi) is 5.61. The first-order valence-electron chi connectivity index (χ1n) is 8.59. The van der Waals surface area contributed by atoms with Gasteiger partial charge >= 0.3 is 0 Å². The lowest BCUT2D eigenvalue weighted by Gasteiger charge is -2.21. The predicted molar refractivity (Wildman–Crippen MR) is 106 cm³/mol. The summed E-state index contributed by atoms with van der Waals surface area (Å²) in [6.45, 7) is 4.36. The molecule has 0 bridgehead atoms. The third-order valence-corrected chi connectivity index (χ3v) is 4.91. The number of ether oxygens (including phenoxy) is 1. The summed E-state index contributed by atoms with van der Waals surface area (Å²) in [5, 5.41) is 2.89. The van der Waals surface area contributed by atoms with E-state index in [1.807, 2.05) is 43.3 Å². The molecule has 2 aromatic rings. The van der Waals surface area contributed by atoms with E-state index in [1.54, 1.807) is 17.9 Å². The molecule has 1 aliphatic rings. The standard InChI is InChI=1S/C20H21BrN2O3/c1-13-9-10-18(15(21)12-13)26-14(2)20(25)22-16-6-3-4-7-17(16)23-11-5-8-19(23)24/h3-4,6-7,9-10,12,14H,5,8,11H2,1-2H3,(H,22,25)/t14-/m1/s1. The number of nitrogens with one attached hydrogen (secondary N) is 1. The summed E-state index contributed by atoms with van der Waals surface area (Å²) < 4.78 is 6.59. The highest BCUT2D eigenvalue weighted by atomic mass is 79.9. The molecule has 3 rings (SSSR count). The summed E-state index contributed by atoms with van der Waals surface area (Å²) in [5.41, 5.74) is 2.45. The van der Waals surface area contributed by atoms with Gasteiger partial charge in [0.15, 0.2) is 6.10 Å². The molecular weight excluding hydrogens is 396 g/mol. The number of carbonyl (C=O) groups is 2. The van der Waals surface area contributed by atoms with Gasteiger partial charge in [-0.2, -0.15) is 0 Å². The van der Waals surface area contributed by atoms with Crippen LogP contribution in [0.5, 0.6) is 5.75 Å². The van der Waals surface area contributed by atoms with Crippen molar-refractivity contribution in [3.8, 4) is 5.75 Å². The van der Waals surface area contributed by atoms with Crippen LogP contribution in [-0.4, -0.2) is 24.5 Å². The van der Waals surface area contributed by atoms with Crippen LogP contribution >= 0.6 is 15.9 Å². The van der Waals surface area contributed by atoms with E-state index >= 15 is 0 Å². The van der Waals surface area contributed by atoms with E-state index in [1.165, 1.54) is 0 Å². The van der Waals surface area contributed by atoms with E-state index in [-0.39, 0.29) is 11.8 Å². The summed E-state index contributed by atoms with van der Waals surface area (Å²) in [4.78, 5) is 26.3. The Morgan fingerprint density at radius 2 is 2.04 bits per heavy atom. The number of hydrogen-bond acceptors (Lipinski definition) is 3. The minimum Gasteiger partial charge on any atom is -0.480 e. The van der Waals surface area contributed by atoms with Crippen LogP contribution in [0, 0.1) is 6.92 Å². The Labute approximate surface area is 161 Å². The van der Waals surface area contributed by atoms with E-state index in [4.69, 9.17) is 4.74 Å². The number of benzene rings is 2. The van der Waals surface area contributed by atoms with Gasteiger partial charge in [0, 0.05) is 13.0 Å². The molecule has 2 aromatic carbocycles. The average molecular weight is 417 g/mol. The lowest BCUT2D eigenvalue weighted by atomic mass is 10.2. The first-order chi connectivity index (χ1) is 12.5. The highest BCUT2D eigenvalue weighted by molar-refractivity contribution is 9.10. The van der Waals surface area contributed by atoms with Crippen molar-refractivity contribution in [1.29, 1.82) is 0 Å². The lowest BCUT2D eigenvalue weighted by Crippen LogP contribution is -2.32. The molecule has 0 saturated carbocycles. The van der Waals surface area contributed by atoms with Gasteiger partial charge in [-0.1, -0.05) is 18.2 Å². The maximum atomic E-state index is 12.6. The van der Waals surface area contributed by atoms with E-state index in [2.05, 4.69) is 21.2 Å². The van der Waals surface area contributed by atoms with Crippen molar-refractivity contribution >= 4 is 39.1 Å². The summed E-state index contributed by atoms with van der Waals surface area (Å²) in [7, 11) is 0. The van der Waals surface area contributed by atoms with Gasteiger partial charge in [-0.15, -0.1) is 0 Å². The number of anilines is 2. The molecule has 0 unspecified atom stereocenters. The molecule has 1 saturated heterocycles. The van der Waals surface area contributed by atoms with Crippen molar-refractivity contribution in [2.75, 3.05) is 16.8 Å². The number of hydrogen-bond donors (Lipinski definition) is 1. The largest absolute Gasteiger partial charge is 0.480 e. The number of amides is 2. The highest BCUT2D eigenvalue weighted by Crippen LogP contribution is 2.30. The minimum atomic E-state index is -0.684. The molecule has 0 radical (unpaired) electrons. The molecule has 0 aromatic heterocycles. The van der Waals surface area contributed by atoms with Crippen LogP contribution in [0.25, 0.3) is 0 Å². The highest BCUT2D eigenvalue weighted by Gasteiger charge is 2.25. The normalized spacial score (nSPS) is 15.0. The van der Waals surface area contributed by atoms with Crippen LogP contribution < -0.4 is 15.0 Å². The molecule has 136 valence electrons. The number of halogens is 1. The molecule has 0 aliphatic carbocycles. The number of para-hydroxylation sites is 2. The SMILES string of the molecule is Cc1ccc(O[C@H](C)C(=O)Nc2ccccc2N2CCCC2=O)c(Br)c1. The Morgan fingerprint density at radius 3 is 2.73 bits per heavy atom. The first-order valence-corrected chi connectivity index (χ1v) is 9.38. The minimum absolute atomic E-state index is 0.0829. The zero-order valence-electron chi connectivity index (χ0n) is 14.8. The first kappa shape index (κ1) is 18.5. The second kappa shape index (κ2) is 7.91. The third kappa shape index (κ3) is 4.07. The third-order valence-electron chi connectivity index (χ3n) is 4.29. The maximum Gasteiger partial charge on any atom is 0.265 e. The van der Waals surface area contributed by atoms with Crippen LogP contribution in [0.4, 0.5) is 11.4 Å². The number of nitrogens with zero attached hydrogens (tertiary/aromatic N) is 1. The molecule has 2 amide bonds. The van der Waals surface area contributed by atoms with E-state index in [0.717, 1.165) is 22.1 Å². The molecule has 5 nitrogen and oxygen atoms in total. The van der Waals surface area contributed by atoms with Crippen LogP contribution in [0.3, 0.4) is 0 Å².